The van der Waals surface area contributed by atoms with Crippen LogP contribution in [0.4, 0.5) is 4.39 Å². The van der Waals surface area contributed by atoms with Crippen molar-refractivity contribution in [1.29, 1.82) is 0 Å². The molecule has 0 fully saturated rings. The van der Waals surface area contributed by atoms with E-state index in [1.807, 2.05) is 44.2 Å². The van der Waals surface area contributed by atoms with Gasteiger partial charge in [-0.3, -0.25) is 0 Å². The Balaban J connectivity index is 1.59. The molecule has 3 aromatic rings. The van der Waals surface area contributed by atoms with Gasteiger partial charge in [0.2, 0.25) is 0 Å². The summed E-state index contributed by atoms with van der Waals surface area (Å²) in [6, 6.07) is 18.9. The molecule has 0 aliphatic carbocycles. The molecule has 0 amide bonds. The molecule has 1 aliphatic rings. The van der Waals surface area contributed by atoms with E-state index in [4.69, 9.17) is 14.2 Å². The van der Waals surface area contributed by atoms with Crippen LogP contribution in [0.2, 0.25) is 0 Å². The quantitative estimate of drug-likeness (QED) is 0.426. The number of para-hydroxylation sites is 1. The van der Waals surface area contributed by atoms with E-state index >= 15 is 0 Å². The number of ether oxygens (including phenoxy) is 3. The van der Waals surface area contributed by atoms with Crippen LogP contribution in [0.1, 0.15) is 64.8 Å². The van der Waals surface area contributed by atoms with Gasteiger partial charge in [0.25, 0.3) is 0 Å². The van der Waals surface area contributed by atoms with Gasteiger partial charge in [0.05, 0.1) is 19.8 Å². The van der Waals surface area contributed by atoms with E-state index in [-0.39, 0.29) is 41.6 Å². The number of carbonyl (C=O) groups is 1. The molecule has 3 aromatic carbocycles. The zero-order chi connectivity index (χ0) is 25.1. The van der Waals surface area contributed by atoms with E-state index in [1.54, 1.807) is 12.1 Å². The van der Waals surface area contributed by atoms with Gasteiger partial charge >= 0.3 is 5.97 Å². The second-order valence-electron chi connectivity index (χ2n) is 9.12. The number of aryl methyl sites for hydroxylation is 1. The molecule has 0 saturated heterocycles. The van der Waals surface area contributed by atoms with E-state index in [1.165, 1.54) is 20.3 Å². The maximum absolute atomic E-state index is 13.9. The van der Waals surface area contributed by atoms with Crippen LogP contribution in [0.3, 0.4) is 0 Å². The summed E-state index contributed by atoms with van der Waals surface area (Å²) >= 11 is 0. The number of carbonyl (C=O) groups excluding carboxylic acids is 1. The fourth-order valence-corrected chi connectivity index (χ4v) is 4.80. The zero-order valence-corrected chi connectivity index (χ0v) is 20.8. The third-order valence-electron chi connectivity index (χ3n) is 6.86. The highest BCUT2D eigenvalue weighted by atomic mass is 19.1. The fourth-order valence-electron chi connectivity index (χ4n) is 4.80. The first-order chi connectivity index (χ1) is 16.8. The number of hydrogen-bond acceptors (Lipinski definition) is 5. The summed E-state index contributed by atoms with van der Waals surface area (Å²) in [7, 11) is 2.87. The number of esters is 1. The molecule has 1 unspecified atom stereocenters. The molecule has 35 heavy (non-hydrogen) atoms. The molecule has 0 bridgehead atoms. The molecular formula is C29H32FNO4. The fraction of sp³-hybridized carbons (Fsp3) is 0.345. The SMILES string of the molecule is COC(=O)c1cc([C@@H]2C[C@H](C(C)N[C@H](C)c3ccc(F)c(OC)c3)Oc3ccccc32)ccc1C. The first-order valence-corrected chi connectivity index (χ1v) is 11.9. The van der Waals surface area contributed by atoms with Crippen molar-refractivity contribution in [3.63, 3.8) is 0 Å². The summed E-state index contributed by atoms with van der Waals surface area (Å²) in [6.45, 7) is 6.05. The average molecular weight is 478 g/mol. The van der Waals surface area contributed by atoms with Gasteiger partial charge < -0.3 is 19.5 Å². The molecular weight excluding hydrogens is 445 g/mol. The van der Waals surface area contributed by atoms with Crippen LogP contribution in [-0.2, 0) is 4.74 Å². The van der Waals surface area contributed by atoms with Crippen molar-refractivity contribution in [1.82, 2.24) is 5.32 Å². The van der Waals surface area contributed by atoms with Crippen molar-refractivity contribution >= 4 is 5.97 Å². The lowest BCUT2D eigenvalue weighted by Gasteiger charge is -2.37. The molecule has 0 spiro atoms. The lowest BCUT2D eigenvalue weighted by atomic mass is 9.81. The van der Waals surface area contributed by atoms with Gasteiger partial charge in [-0.05, 0) is 68.1 Å². The predicted octanol–water partition coefficient (Wildman–Crippen LogP) is 5.95. The number of nitrogens with one attached hydrogen (secondary N) is 1. The maximum atomic E-state index is 13.9. The molecule has 6 heteroatoms. The Morgan fingerprint density at radius 3 is 2.60 bits per heavy atom. The molecule has 1 N–H and O–H groups in total. The highest BCUT2D eigenvalue weighted by molar-refractivity contribution is 5.91. The molecule has 184 valence electrons. The Labute approximate surface area is 206 Å². The topological polar surface area (TPSA) is 56.8 Å². The summed E-state index contributed by atoms with van der Waals surface area (Å²) in [5.41, 5.74) is 4.56. The number of fused-ring (bicyclic) bond motifs is 1. The van der Waals surface area contributed by atoms with E-state index in [2.05, 4.69) is 24.4 Å². The standard InChI is InChI=1S/C29H32FNO4/c1-17-10-11-21(14-23(17)29(32)34-5)24-16-27(35-26-9-7-6-8-22(24)26)19(3)31-18(2)20-12-13-25(30)28(15-20)33-4/h6-15,18-19,24,27,31H,16H2,1-5H3/t18-,19?,24+,27-/m1/s1. The molecule has 4 rings (SSSR count). The van der Waals surface area contributed by atoms with Gasteiger partial charge in [-0.15, -0.1) is 0 Å². The van der Waals surface area contributed by atoms with Crippen LogP contribution < -0.4 is 14.8 Å². The summed E-state index contributed by atoms with van der Waals surface area (Å²) in [5.74, 6) is 0.432. The van der Waals surface area contributed by atoms with Crippen LogP contribution in [0, 0.1) is 12.7 Å². The molecule has 5 nitrogen and oxygen atoms in total. The van der Waals surface area contributed by atoms with E-state index in [9.17, 15) is 9.18 Å². The minimum Gasteiger partial charge on any atom is -0.494 e. The van der Waals surface area contributed by atoms with E-state index in [0.29, 0.717) is 5.56 Å². The number of methoxy groups -OCH3 is 2. The molecule has 0 radical (unpaired) electrons. The lowest BCUT2D eigenvalue weighted by Crippen LogP contribution is -2.44. The van der Waals surface area contributed by atoms with Gasteiger partial charge in [0.15, 0.2) is 11.6 Å². The summed E-state index contributed by atoms with van der Waals surface area (Å²) in [6.07, 6.45) is 0.636. The van der Waals surface area contributed by atoms with Crippen LogP contribution in [0.15, 0.2) is 60.7 Å². The molecule has 0 saturated carbocycles. The van der Waals surface area contributed by atoms with Crippen molar-refractivity contribution in [2.45, 2.75) is 51.3 Å². The van der Waals surface area contributed by atoms with Crippen LogP contribution in [-0.4, -0.2) is 32.3 Å². The monoisotopic (exact) mass is 477 g/mol. The van der Waals surface area contributed by atoms with Gasteiger partial charge in [0.1, 0.15) is 11.9 Å². The summed E-state index contributed by atoms with van der Waals surface area (Å²) in [4.78, 5) is 12.3. The van der Waals surface area contributed by atoms with Crippen molar-refractivity contribution in [2.75, 3.05) is 14.2 Å². The zero-order valence-electron chi connectivity index (χ0n) is 20.8. The Morgan fingerprint density at radius 1 is 1.09 bits per heavy atom. The van der Waals surface area contributed by atoms with Crippen LogP contribution >= 0.6 is 0 Å². The van der Waals surface area contributed by atoms with E-state index in [0.717, 1.165) is 34.4 Å². The van der Waals surface area contributed by atoms with Gasteiger partial charge in [0, 0.05) is 23.6 Å². The number of hydrogen-bond donors (Lipinski definition) is 1. The van der Waals surface area contributed by atoms with Crippen LogP contribution in [0.25, 0.3) is 0 Å². The van der Waals surface area contributed by atoms with Crippen molar-refractivity contribution < 1.29 is 23.4 Å². The molecule has 0 aromatic heterocycles. The summed E-state index contributed by atoms with van der Waals surface area (Å²) < 4.78 is 30.4. The molecule has 1 heterocycles. The Kier molecular flexibility index (Phi) is 7.41. The van der Waals surface area contributed by atoms with Gasteiger partial charge in [-0.1, -0.05) is 36.4 Å². The third kappa shape index (κ3) is 5.17. The lowest BCUT2D eigenvalue weighted by molar-refractivity contribution is 0.0599. The van der Waals surface area contributed by atoms with Crippen molar-refractivity contribution in [3.8, 4) is 11.5 Å². The highest BCUT2D eigenvalue weighted by Gasteiger charge is 2.33. The molecule has 4 atom stereocenters. The predicted molar refractivity (Wildman–Crippen MR) is 134 cm³/mol. The van der Waals surface area contributed by atoms with Crippen molar-refractivity contribution in [3.05, 3.63) is 94.3 Å². The smallest absolute Gasteiger partial charge is 0.338 e. The third-order valence-corrected chi connectivity index (χ3v) is 6.86. The van der Waals surface area contributed by atoms with Gasteiger partial charge in [-0.25, -0.2) is 9.18 Å². The second kappa shape index (κ2) is 10.5. The van der Waals surface area contributed by atoms with Gasteiger partial charge in [-0.2, -0.15) is 0 Å². The summed E-state index contributed by atoms with van der Waals surface area (Å²) in [5, 5.41) is 3.61. The minimum atomic E-state index is -0.379. The Morgan fingerprint density at radius 2 is 1.86 bits per heavy atom. The Hall–Kier alpha value is -3.38. The average Bonchev–Trinajstić information content (AvgIpc) is 2.88. The number of benzene rings is 3. The Bertz CT molecular complexity index is 1210. The van der Waals surface area contributed by atoms with Crippen LogP contribution in [0.5, 0.6) is 11.5 Å². The normalized spacial score (nSPS) is 18.7. The minimum absolute atomic E-state index is 0.00225. The first-order valence-electron chi connectivity index (χ1n) is 11.9. The van der Waals surface area contributed by atoms with Crippen molar-refractivity contribution in [2.24, 2.45) is 0 Å². The largest absolute Gasteiger partial charge is 0.494 e. The first kappa shape index (κ1) is 24.7. The number of rotatable bonds is 7. The maximum Gasteiger partial charge on any atom is 0.338 e. The van der Waals surface area contributed by atoms with E-state index < -0.39 is 0 Å². The highest BCUT2D eigenvalue weighted by Crippen LogP contribution is 2.41. The number of halogens is 1. The second-order valence-corrected chi connectivity index (χ2v) is 9.12. The molecule has 1 aliphatic heterocycles.